The van der Waals surface area contributed by atoms with Gasteiger partial charge in [0.2, 0.25) is 0 Å². The number of nitrogens with one attached hydrogen (secondary N) is 1. The topological polar surface area (TPSA) is 75.4 Å². The first kappa shape index (κ1) is 15.5. The summed E-state index contributed by atoms with van der Waals surface area (Å²) in [7, 11) is 0. The van der Waals surface area contributed by atoms with E-state index in [0.29, 0.717) is 12.5 Å². The minimum atomic E-state index is -0.664. The van der Waals surface area contributed by atoms with Crippen molar-refractivity contribution in [3.05, 3.63) is 31.9 Å². The third kappa shape index (κ3) is 3.82. The Hall–Kier alpha value is -0.890. The van der Waals surface area contributed by atoms with Crippen LogP contribution in [0.25, 0.3) is 0 Å². The fourth-order valence-corrected chi connectivity index (χ4v) is 3.50. The molecule has 0 bridgehead atoms. The molecule has 1 aliphatic carbocycles. The molecule has 0 amide bonds. The molecule has 1 saturated carbocycles. The second kappa shape index (κ2) is 6.26. The summed E-state index contributed by atoms with van der Waals surface area (Å²) in [6.07, 6.45) is 3.85. The van der Waals surface area contributed by atoms with Crippen molar-refractivity contribution in [2.45, 2.75) is 38.2 Å². The Morgan fingerprint density at radius 3 is 2.95 bits per heavy atom. The van der Waals surface area contributed by atoms with Gasteiger partial charge in [-0.2, -0.15) is 0 Å². The van der Waals surface area contributed by atoms with Crippen molar-refractivity contribution in [3.8, 4) is 0 Å². The minimum absolute atomic E-state index is 0.0879. The molecule has 110 valence electrons. The van der Waals surface area contributed by atoms with Crippen LogP contribution in [0.3, 0.4) is 0 Å². The predicted molar refractivity (Wildman–Crippen MR) is 86.9 cm³/mol. The third-order valence-electron chi connectivity index (χ3n) is 3.84. The van der Waals surface area contributed by atoms with Gasteiger partial charge in [-0.3, -0.25) is 10.1 Å². The number of hydrogen-bond acceptors (Lipinski definition) is 4. The normalized spacial score (nSPS) is 26.2. The molecule has 2 N–H and O–H groups in total. The van der Waals surface area contributed by atoms with Crippen molar-refractivity contribution in [2.75, 3.05) is 11.9 Å². The van der Waals surface area contributed by atoms with E-state index in [1.807, 2.05) is 0 Å². The highest BCUT2D eigenvalue weighted by Gasteiger charge is 2.32. The lowest BCUT2D eigenvalue weighted by molar-refractivity contribution is -0.384. The standard InChI is InChI=1S/C14H19IN2O3/c1-10-3-2-6-14(18,8-10)9-16-13-5-4-11(17(19)20)7-12(13)15/h4-5,7,10,16,18H,2-3,6,8-9H2,1H3. The summed E-state index contributed by atoms with van der Waals surface area (Å²) < 4.78 is 0.796. The highest BCUT2D eigenvalue weighted by Crippen LogP contribution is 2.33. The van der Waals surface area contributed by atoms with Crippen LogP contribution in [0, 0.1) is 19.6 Å². The molecule has 0 radical (unpaired) electrons. The van der Waals surface area contributed by atoms with Crippen molar-refractivity contribution in [1.82, 2.24) is 0 Å². The molecule has 5 nitrogen and oxygen atoms in total. The Morgan fingerprint density at radius 1 is 1.60 bits per heavy atom. The van der Waals surface area contributed by atoms with Crippen LogP contribution in [0.5, 0.6) is 0 Å². The second-order valence-electron chi connectivity index (χ2n) is 5.70. The van der Waals surface area contributed by atoms with E-state index in [0.717, 1.165) is 28.5 Å². The predicted octanol–water partition coefficient (Wildman–Crippen LogP) is 3.55. The fourth-order valence-electron chi connectivity index (χ4n) is 2.81. The van der Waals surface area contributed by atoms with Crippen LogP contribution in [0.1, 0.15) is 32.6 Å². The van der Waals surface area contributed by atoms with Crippen LogP contribution in [-0.2, 0) is 0 Å². The van der Waals surface area contributed by atoms with E-state index in [1.54, 1.807) is 6.07 Å². The molecule has 20 heavy (non-hydrogen) atoms. The molecular weight excluding hydrogens is 371 g/mol. The van der Waals surface area contributed by atoms with E-state index in [9.17, 15) is 15.2 Å². The van der Waals surface area contributed by atoms with Gasteiger partial charge in [-0.1, -0.05) is 19.8 Å². The molecule has 1 fully saturated rings. The van der Waals surface area contributed by atoms with Crippen LogP contribution < -0.4 is 5.32 Å². The van der Waals surface area contributed by atoms with Crippen molar-refractivity contribution in [1.29, 1.82) is 0 Å². The minimum Gasteiger partial charge on any atom is -0.388 e. The van der Waals surface area contributed by atoms with Crippen molar-refractivity contribution < 1.29 is 10.0 Å². The lowest BCUT2D eigenvalue weighted by atomic mass is 9.79. The Morgan fingerprint density at radius 2 is 2.35 bits per heavy atom. The lowest BCUT2D eigenvalue weighted by Gasteiger charge is -2.36. The van der Waals surface area contributed by atoms with Gasteiger partial charge in [0.15, 0.2) is 0 Å². The Labute approximate surface area is 132 Å². The number of rotatable bonds is 4. The molecule has 0 spiro atoms. The van der Waals surface area contributed by atoms with Crippen LogP contribution in [0.4, 0.5) is 11.4 Å². The summed E-state index contributed by atoms with van der Waals surface area (Å²) in [6.45, 7) is 2.66. The molecule has 6 heteroatoms. The number of benzene rings is 1. The first-order chi connectivity index (χ1) is 9.39. The van der Waals surface area contributed by atoms with Crippen molar-refractivity contribution >= 4 is 34.0 Å². The zero-order valence-corrected chi connectivity index (χ0v) is 13.6. The fraction of sp³-hybridized carbons (Fsp3) is 0.571. The number of aliphatic hydroxyl groups is 1. The van der Waals surface area contributed by atoms with Gasteiger partial charge in [-0.15, -0.1) is 0 Å². The largest absolute Gasteiger partial charge is 0.388 e. The maximum Gasteiger partial charge on any atom is 0.270 e. The van der Waals surface area contributed by atoms with Gasteiger partial charge >= 0.3 is 0 Å². The smallest absolute Gasteiger partial charge is 0.270 e. The van der Waals surface area contributed by atoms with Gasteiger partial charge in [0.1, 0.15) is 0 Å². The van der Waals surface area contributed by atoms with Gasteiger partial charge in [0, 0.05) is 27.9 Å². The molecule has 0 saturated heterocycles. The quantitative estimate of drug-likeness (QED) is 0.469. The molecule has 0 heterocycles. The van der Waals surface area contributed by atoms with Crippen LogP contribution in [0.2, 0.25) is 0 Å². The monoisotopic (exact) mass is 390 g/mol. The van der Waals surface area contributed by atoms with E-state index in [2.05, 4.69) is 34.8 Å². The first-order valence-electron chi connectivity index (χ1n) is 6.80. The number of nitro groups is 1. The van der Waals surface area contributed by atoms with Crippen LogP contribution in [-0.4, -0.2) is 22.2 Å². The van der Waals surface area contributed by atoms with Gasteiger partial charge < -0.3 is 10.4 Å². The van der Waals surface area contributed by atoms with Crippen LogP contribution in [0.15, 0.2) is 18.2 Å². The third-order valence-corrected chi connectivity index (χ3v) is 4.73. The SMILES string of the molecule is CC1CCCC(O)(CNc2ccc([N+](=O)[O-])cc2I)C1. The molecule has 2 atom stereocenters. The average molecular weight is 390 g/mol. The highest BCUT2D eigenvalue weighted by atomic mass is 127. The number of hydrogen-bond donors (Lipinski definition) is 2. The maximum atomic E-state index is 10.7. The summed E-state index contributed by atoms with van der Waals surface area (Å²) in [5.41, 5.74) is 0.260. The summed E-state index contributed by atoms with van der Waals surface area (Å²) in [4.78, 5) is 10.3. The van der Waals surface area contributed by atoms with Gasteiger partial charge in [0.05, 0.1) is 10.5 Å². The van der Waals surface area contributed by atoms with E-state index in [-0.39, 0.29) is 5.69 Å². The van der Waals surface area contributed by atoms with Gasteiger partial charge in [-0.25, -0.2) is 0 Å². The Balaban J connectivity index is 2.02. The van der Waals surface area contributed by atoms with Gasteiger partial charge in [-0.05, 0) is 47.4 Å². The first-order valence-corrected chi connectivity index (χ1v) is 7.88. The zero-order chi connectivity index (χ0) is 14.8. The molecule has 1 aliphatic rings. The Bertz CT molecular complexity index is 509. The van der Waals surface area contributed by atoms with Gasteiger partial charge in [0.25, 0.3) is 5.69 Å². The highest BCUT2D eigenvalue weighted by molar-refractivity contribution is 14.1. The number of nitrogens with zero attached hydrogens (tertiary/aromatic N) is 1. The van der Waals surface area contributed by atoms with Crippen molar-refractivity contribution in [3.63, 3.8) is 0 Å². The number of halogens is 1. The lowest BCUT2D eigenvalue weighted by Crippen LogP contribution is -2.41. The zero-order valence-electron chi connectivity index (χ0n) is 11.4. The van der Waals surface area contributed by atoms with E-state index in [4.69, 9.17) is 0 Å². The molecule has 2 unspecified atom stereocenters. The molecule has 2 rings (SSSR count). The molecule has 1 aromatic carbocycles. The second-order valence-corrected chi connectivity index (χ2v) is 6.86. The summed E-state index contributed by atoms with van der Waals surface area (Å²) in [5, 5.41) is 24.5. The summed E-state index contributed by atoms with van der Waals surface area (Å²) in [5.74, 6) is 0.548. The number of non-ortho nitro benzene ring substituents is 1. The van der Waals surface area contributed by atoms with E-state index in [1.165, 1.54) is 18.6 Å². The van der Waals surface area contributed by atoms with Crippen molar-refractivity contribution in [2.24, 2.45) is 5.92 Å². The maximum absolute atomic E-state index is 10.7. The van der Waals surface area contributed by atoms with Crippen LogP contribution >= 0.6 is 22.6 Å². The van der Waals surface area contributed by atoms with E-state index >= 15 is 0 Å². The number of anilines is 1. The molecule has 0 aromatic heterocycles. The Kier molecular flexibility index (Phi) is 4.85. The summed E-state index contributed by atoms with van der Waals surface area (Å²) in [6, 6.07) is 4.73. The van der Waals surface area contributed by atoms with E-state index < -0.39 is 10.5 Å². The molecule has 1 aromatic rings. The number of nitro benzene ring substituents is 1. The summed E-state index contributed by atoms with van der Waals surface area (Å²) >= 11 is 2.07. The molecular formula is C14H19IN2O3. The molecule has 0 aliphatic heterocycles. The average Bonchev–Trinajstić information content (AvgIpc) is 2.36.